The molecule has 1 aromatic carbocycles. The molecule has 2 saturated heterocycles. The van der Waals surface area contributed by atoms with Crippen LogP contribution < -0.4 is 4.72 Å². The van der Waals surface area contributed by atoms with Crippen LogP contribution in [0.3, 0.4) is 0 Å². The van der Waals surface area contributed by atoms with Crippen LogP contribution in [0.1, 0.15) is 31.2 Å². The summed E-state index contributed by atoms with van der Waals surface area (Å²) in [5, 5.41) is 6.89. The van der Waals surface area contributed by atoms with Gasteiger partial charge in [0.2, 0.25) is 11.8 Å². The van der Waals surface area contributed by atoms with Crippen LogP contribution in [0.5, 0.6) is 0 Å². The maximum atomic E-state index is 12.9. The van der Waals surface area contributed by atoms with Crippen LogP contribution in [0.15, 0.2) is 30.3 Å². The van der Waals surface area contributed by atoms with Gasteiger partial charge >= 0.3 is 0 Å². The fourth-order valence-corrected chi connectivity index (χ4v) is 4.29. The van der Waals surface area contributed by atoms with Crippen molar-refractivity contribution in [1.82, 2.24) is 14.5 Å². The Balaban J connectivity index is 0.00000101. The fourth-order valence-electron chi connectivity index (χ4n) is 3.43. The van der Waals surface area contributed by atoms with Crippen LogP contribution in [0.4, 0.5) is 0 Å². The second kappa shape index (κ2) is 14.0. The minimum atomic E-state index is -0.318. The number of rotatable bonds is 8. The summed E-state index contributed by atoms with van der Waals surface area (Å²) in [6, 6.07) is 9.87. The maximum Gasteiger partial charge on any atom is 0.290 e. The Morgan fingerprint density at radius 3 is 2.37 bits per heavy atom. The molecule has 0 bridgehead atoms. The Labute approximate surface area is 182 Å². The van der Waals surface area contributed by atoms with Gasteiger partial charge in [-0.25, -0.2) is 0 Å². The van der Waals surface area contributed by atoms with Gasteiger partial charge in [-0.2, -0.15) is 0 Å². The van der Waals surface area contributed by atoms with Crippen molar-refractivity contribution in [2.24, 2.45) is 0 Å². The lowest BCUT2D eigenvalue weighted by molar-refractivity contribution is -0.136. The Bertz CT molecular complexity index is 649. The highest BCUT2D eigenvalue weighted by Crippen LogP contribution is 2.16. The third-order valence-corrected chi connectivity index (χ3v) is 5.96. The fraction of sp³-hybridized carbons (Fsp3) is 0.571. The van der Waals surface area contributed by atoms with Crippen molar-refractivity contribution in [2.45, 2.75) is 37.5 Å². The average molecular weight is 438 g/mol. The largest absolute Gasteiger partial charge is 0.483 e. The van der Waals surface area contributed by atoms with Gasteiger partial charge in [0, 0.05) is 38.4 Å². The molecule has 1 unspecified atom stereocenters. The molecule has 8 nitrogen and oxygen atoms in total. The molecule has 2 aliphatic heterocycles. The molecule has 0 spiro atoms. The van der Waals surface area contributed by atoms with Gasteiger partial charge in [-0.3, -0.25) is 19.1 Å². The summed E-state index contributed by atoms with van der Waals surface area (Å²) >= 11 is 1.55. The number of nitrogens with zero attached hydrogens (tertiary/aromatic N) is 2. The van der Waals surface area contributed by atoms with Gasteiger partial charge in [0.1, 0.15) is 0 Å². The number of ether oxygens (including phenoxy) is 1. The number of benzene rings is 1. The van der Waals surface area contributed by atoms with Crippen LogP contribution in [-0.2, 0) is 24.9 Å². The molecule has 2 aliphatic rings. The summed E-state index contributed by atoms with van der Waals surface area (Å²) < 4.78 is 8.64. The Morgan fingerprint density at radius 2 is 1.73 bits per heavy atom. The molecule has 2 heterocycles. The van der Waals surface area contributed by atoms with Crippen LogP contribution in [0.2, 0.25) is 0 Å². The van der Waals surface area contributed by atoms with E-state index >= 15 is 0 Å². The lowest BCUT2D eigenvalue weighted by atomic mass is 10.1. The molecule has 2 N–H and O–H groups in total. The second-order valence-electron chi connectivity index (χ2n) is 7.11. The molecule has 0 aromatic heterocycles. The molecule has 9 heteroatoms. The first kappa shape index (κ1) is 24.2. The summed E-state index contributed by atoms with van der Waals surface area (Å²) in [5.41, 5.74) is 1.21. The lowest BCUT2D eigenvalue weighted by Crippen LogP contribution is -2.45. The van der Waals surface area contributed by atoms with Crippen molar-refractivity contribution >= 4 is 30.2 Å². The molecule has 0 radical (unpaired) electrons. The molecule has 3 rings (SSSR count). The van der Waals surface area contributed by atoms with E-state index in [1.165, 1.54) is 5.56 Å². The number of carbonyl (C=O) groups is 3. The minimum absolute atomic E-state index is 0.118. The highest BCUT2D eigenvalue weighted by Gasteiger charge is 2.27. The van der Waals surface area contributed by atoms with E-state index in [9.17, 15) is 9.59 Å². The van der Waals surface area contributed by atoms with E-state index in [1.807, 2.05) is 28.0 Å². The van der Waals surface area contributed by atoms with E-state index in [0.29, 0.717) is 39.1 Å². The van der Waals surface area contributed by atoms with Crippen LogP contribution in [0.25, 0.3) is 0 Å². The molecule has 166 valence electrons. The number of amides is 2. The number of nitrogens with one attached hydrogen (secondary N) is 1. The first-order valence-corrected chi connectivity index (χ1v) is 11.3. The zero-order valence-corrected chi connectivity index (χ0v) is 18.0. The summed E-state index contributed by atoms with van der Waals surface area (Å²) in [4.78, 5) is 37.5. The van der Waals surface area contributed by atoms with Crippen molar-refractivity contribution in [3.8, 4) is 0 Å². The summed E-state index contributed by atoms with van der Waals surface area (Å²) in [5.74, 6) is 1.04. The van der Waals surface area contributed by atoms with Crippen molar-refractivity contribution in [3.05, 3.63) is 35.9 Å². The highest BCUT2D eigenvalue weighted by molar-refractivity contribution is 7.96. The van der Waals surface area contributed by atoms with Gasteiger partial charge in [-0.05, 0) is 24.8 Å². The molecular weight excluding hydrogens is 406 g/mol. The van der Waals surface area contributed by atoms with Crippen LogP contribution >= 0.6 is 11.9 Å². The molecule has 0 saturated carbocycles. The highest BCUT2D eigenvalue weighted by atomic mass is 32.2. The van der Waals surface area contributed by atoms with E-state index < -0.39 is 0 Å². The van der Waals surface area contributed by atoms with Gasteiger partial charge in [0.25, 0.3) is 6.47 Å². The van der Waals surface area contributed by atoms with E-state index in [2.05, 4.69) is 16.9 Å². The number of hydrogen-bond acceptors (Lipinski definition) is 6. The summed E-state index contributed by atoms with van der Waals surface area (Å²) in [6.07, 6.45) is 3.07. The predicted molar refractivity (Wildman–Crippen MR) is 116 cm³/mol. The van der Waals surface area contributed by atoms with Gasteiger partial charge in [-0.15, -0.1) is 0 Å². The van der Waals surface area contributed by atoms with Crippen LogP contribution in [-0.4, -0.2) is 78.6 Å². The first-order chi connectivity index (χ1) is 14.7. The summed E-state index contributed by atoms with van der Waals surface area (Å²) in [6.45, 7) is 3.93. The van der Waals surface area contributed by atoms with E-state index in [4.69, 9.17) is 14.6 Å². The van der Waals surface area contributed by atoms with E-state index in [1.54, 1.807) is 11.9 Å². The zero-order valence-electron chi connectivity index (χ0n) is 17.2. The first-order valence-electron chi connectivity index (χ1n) is 10.3. The topological polar surface area (TPSA) is 99.2 Å². The molecule has 30 heavy (non-hydrogen) atoms. The number of morpholine rings is 1. The third kappa shape index (κ3) is 8.33. The molecule has 2 fully saturated rings. The number of hydrogen-bond donors (Lipinski definition) is 2. The van der Waals surface area contributed by atoms with Crippen molar-refractivity contribution in [1.29, 1.82) is 0 Å². The van der Waals surface area contributed by atoms with E-state index in [-0.39, 0.29) is 24.3 Å². The molecule has 1 aromatic rings. The molecule has 0 aliphatic carbocycles. The van der Waals surface area contributed by atoms with Crippen molar-refractivity contribution in [3.63, 3.8) is 0 Å². The van der Waals surface area contributed by atoms with Gasteiger partial charge < -0.3 is 19.6 Å². The molecular formula is C21H31N3O5S. The Kier molecular flexibility index (Phi) is 11.3. The Morgan fingerprint density at radius 1 is 1.10 bits per heavy atom. The SMILES string of the molecule is O=C(CCC(NSCc1ccccc1)C(=O)N1CCCC1)N1CCOCC1.O=CO. The van der Waals surface area contributed by atoms with Gasteiger partial charge in [0.15, 0.2) is 0 Å². The lowest BCUT2D eigenvalue weighted by Gasteiger charge is -2.28. The number of likely N-dealkylation sites (tertiary alicyclic amines) is 1. The standard InChI is InChI=1S/C20H29N3O3S.CH2O2/c24-19(22-12-14-26-15-13-22)9-8-18(20(25)23-10-4-5-11-23)21-27-16-17-6-2-1-3-7-17;2-1-3/h1-3,6-7,18,21H,4-5,8-16H2;1H,(H,2,3). The quantitative estimate of drug-likeness (QED) is 0.472. The van der Waals surface area contributed by atoms with E-state index in [0.717, 1.165) is 31.7 Å². The average Bonchev–Trinajstić information content (AvgIpc) is 3.32. The minimum Gasteiger partial charge on any atom is -0.483 e. The summed E-state index contributed by atoms with van der Waals surface area (Å²) in [7, 11) is 0. The normalized spacial score (nSPS) is 17.1. The van der Waals surface area contributed by atoms with Crippen molar-refractivity contribution in [2.75, 3.05) is 39.4 Å². The number of carboxylic acid groups (broad SMARTS) is 1. The van der Waals surface area contributed by atoms with Gasteiger partial charge in [-0.1, -0.05) is 42.3 Å². The number of carbonyl (C=O) groups excluding carboxylic acids is 2. The maximum absolute atomic E-state index is 12.9. The monoisotopic (exact) mass is 437 g/mol. The second-order valence-corrected chi connectivity index (χ2v) is 7.93. The zero-order chi connectivity index (χ0) is 21.6. The van der Waals surface area contributed by atoms with Crippen LogP contribution in [0, 0.1) is 0 Å². The molecule has 2 amide bonds. The predicted octanol–water partition coefficient (Wildman–Crippen LogP) is 1.76. The Hall–Kier alpha value is -2.10. The van der Waals surface area contributed by atoms with Gasteiger partial charge in [0.05, 0.1) is 19.3 Å². The molecule has 1 atom stereocenters. The van der Waals surface area contributed by atoms with Crippen molar-refractivity contribution < 1.29 is 24.2 Å². The third-order valence-electron chi connectivity index (χ3n) is 5.03. The smallest absolute Gasteiger partial charge is 0.290 e.